The van der Waals surface area contributed by atoms with Gasteiger partial charge in [0.2, 0.25) is 5.09 Å². The molecule has 6 nitrogen and oxygen atoms in total. The van der Waals surface area contributed by atoms with Gasteiger partial charge in [0.05, 0.1) is 6.54 Å². The highest BCUT2D eigenvalue weighted by atomic mass is 32.2. The molecule has 1 fully saturated rings. The number of nitrogens with zero attached hydrogens (tertiary/aromatic N) is 2. The zero-order valence-electron chi connectivity index (χ0n) is 11.6. The van der Waals surface area contributed by atoms with Crippen molar-refractivity contribution < 1.29 is 12.8 Å². The standard InChI is InChI=1S/C13H16N2O4S2/c1-10-9-20-13(16)15(10)8-11-4-5-12(19-11)21(17,18)14-6-2-3-7-14/h4-5,9H,2-3,6-8H2,1H3. The molecule has 0 spiro atoms. The zero-order valence-corrected chi connectivity index (χ0v) is 13.2. The molecule has 0 aliphatic carbocycles. The first kappa shape index (κ1) is 14.6. The third-order valence-electron chi connectivity index (χ3n) is 3.59. The van der Waals surface area contributed by atoms with Crippen molar-refractivity contribution in [2.75, 3.05) is 13.1 Å². The second kappa shape index (κ2) is 5.43. The highest BCUT2D eigenvalue weighted by molar-refractivity contribution is 7.89. The molecule has 0 N–H and O–H groups in total. The van der Waals surface area contributed by atoms with Gasteiger partial charge in [-0.1, -0.05) is 11.3 Å². The quantitative estimate of drug-likeness (QED) is 0.855. The van der Waals surface area contributed by atoms with E-state index in [1.54, 1.807) is 16.0 Å². The first-order valence-electron chi connectivity index (χ1n) is 6.72. The van der Waals surface area contributed by atoms with Crippen LogP contribution in [-0.2, 0) is 16.6 Å². The summed E-state index contributed by atoms with van der Waals surface area (Å²) in [5.41, 5.74) is 0.838. The smallest absolute Gasteiger partial charge is 0.307 e. The lowest BCUT2D eigenvalue weighted by atomic mass is 10.4. The molecule has 2 aromatic heterocycles. The third kappa shape index (κ3) is 2.70. The minimum Gasteiger partial charge on any atom is -0.446 e. The van der Waals surface area contributed by atoms with E-state index in [9.17, 15) is 13.2 Å². The Morgan fingerprint density at radius 3 is 2.62 bits per heavy atom. The van der Waals surface area contributed by atoms with E-state index >= 15 is 0 Å². The van der Waals surface area contributed by atoms with E-state index in [1.807, 2.05) is 6.92 Å². The van der Waals surface area contributed by atoms with Crippen LogP contribution in [0.2, 0.25) is 0 Å². The Kier molecular flexibility index (Phi) is 3.76. The Labute approximate surface area is 126 Å². The molecule has 0 saturated carbocycles. The molecule has 1 aliphatic rings. The number of hydrogen-bond acceptors (Lipinski definition) is 5. The molecule has 1 saturated heterocycles. The molecule has 0 unspecified atom stereocenters. The number of aryl methyl sites for hydroxylation is 1. The summed E-state index contributed by atoms with van der Waals surface area (Å²) in [4.78, 5) is 11.6. The first-order chi connectivity index (χ1) is 9.98. The Morgan fingerprint density at radius 2 is 2.00 bits per heavy atom. The van der Waals surface area contributed by atoms with E-state index in [1.165, 1.54) is 10.4 Å². The molecule has 1 aliphatic heterocycles. The van der Waals surface area contributed by atoms with Gasteiger partial charge in [-0.3, -0.25) is 9.36 Å². The molecular formula is C13H16N2O4S2. The number of rotatable bonds is 4. The Balaban J connectivity index is 1.85. The van der Waals surface area contributed by atoms with Gasteiger partial charge in [-0.2, -0.15) is 4.31 Å². The summed E-state index contributed by atoms with van der Waals surface area (Å²) in [6, 6.07) is 3.09. The second-order valence-corrected chi connectivity index (χ2v) is 7.75. The molecular weight excluding hydrogens is 312 g/mol. The molecule has 0 aromatic carbocycles. The molecule has 114 valence electrons. The number of sulfonamides is 1. The predicted octanol–water partition coefficient (Wildman–Crippen LogP) is 1.64. The molecule has 3 rings (SSSR count). The average Bonchev–Trinajstić information content (AvgIpc) is 3.16. The van der Waals surface area contributed by atoms with E-state index in [2.05, 4.69) is 0 Å². The Hall–Kier alpha value is -1.38. The molecule has 21 heavy (non-hydrogen) atoms. The van der Waals surface area contributed by atoms with Crippen molar-refractivity contribution in [3.8, 4) is 0 Å². The van der Waals surface area contributed by atoms with Crippen LogP contribution >= 0.6 is 11.3 Å². The van der Waals surface area contributed by atoms with Crippen molar-refractivity contribution in [1.82, 2.24) is 8.87 Å². The van der Waals surface area contributed by atoms with E-state index in [4.69, 9.17) is 4.42 Å². The Morgan fingerprint density at radius 1 is 1.29 bits per heavy atom. The third-order valence-corrected chi connectivity index (χ3v) is 6.24. The van der Waals surface area contributed by atoms with Crippen LogP contribution in [-0.4, -0.2) is 30.4 Å². The molecule has 8 heteroatoms. The fourth-order valence-corrected chi connectivity index (χ4v) is 4.57. The maximum Gasteiger partial charge on any atom is 0.307 e. The van der Waals surface area contributed by atoms with Gasteiger partial charge in [-0.25, -0.2) is 8.42 Å². The van der Waals surface area contributed by atoms with Crippen LogP contribution < -0.4 is 4.87 Å². The van der Waals surface area contributed by atoms with Gasteiger partial charge in [0.15, 0.2) is 0 Å². The summed E-state index contributed by atoms with van der Waals surface area (Å²) in [6.07, 6.45) is 1.77. The van der Waals surface area contributed by atoms with Crippen molar-refractivity contribution in [3.63, 3.8) is 0 Å². The summed E-state index contributed by atoms with van der Waals surface area (Å²) in [5, 5.41) is 1.73. The number of furan rings is 1. The number of hydrogen-bond donors (Lipinski definition) is 0. The molecule has 0 bridgehead atoms. The minimum absolute atomic E-state index is 0.0414. The van der Waals surface area contributed by atoms with Gasteiger partial charge >= 0.3 is 4.87 Å². The molecule has 2 aromatic rings. The van der Waals surface area contributed by atoms with Crippen LogP contribution in [0.5, 0.6) is 0 Å². The monoisotopic (exact) mass is 328 g/mol. The highest BCUT2D eigenvalue weighted by Crippen LogP contribution is 2.23. The van der Waals surface area contributed by atoms with Crippen LogP contribution in [0.3, 0.4) is 0 Å². The van der Waals surface area contributed by atoms with Gasteiger partial charge in [0.25, 0.3) is 10.0 Å². The van der Waals surface area contributed by atoms with E-state index < -0.39 is 10.0 Å². The average molecular weight is 328 g/mol. The fourth-order valence-electron chi connectivity index (χ4n) is 2.39. The highest BCUT2D eigenvalue weighted by Gasteiger charge is 2.29. The zero-order chi connectivity index (χ0) is 15.0. The van der Waals surface area contributed by atoms with Crippen LogP contribution in [0.25, 0.3) is 0 Å². The van der Waals surface area contributed by atoms with E-state index in [0.717, 1.165) is 29.9 Å². The van der Waals surface area contributed by atoms with Gasteiger partial charge in [-0.15, -0.1) is 0 Å². The lowest BCUT2D eigenvalue weighted by Crippen LogP contribution is -2.27. The Bertz CT molecular complexity index is 794. The molecule has 0 atom stereocenters. The number of aromatic nitrogens is 1. The van der Waals surface area contributed by atoms with Crippen LogP contribution in [0.4, 0.5) is 0 Å². The van der Waals surface area contributed by atoms with Gasteiger partial charge < -0.3 is 4.42 Å². The summed E-state index contributed by atoms with van der Waals surface area (Å²) in [5.74, 6) is 0.469. The van der Waals surface area contributed by atoms with Gasteiger partial charge in [0, 0.05) is 24.2 Å². The minimum atomic E-state index is -3.54. The first-order valence-corrected chi connectivity index (χ1v) is 9.04. The summed E-state index contributed by atoms with van der Waals surface area (Å²) < 4.78 is 33.2. The van der Waals surface area contributed by atoms with Crippen molar-refractivity contribution in [3.05, 3.63) is 38.6 Å². The fraction of sp³-hybridized carbons (Fsp3) is 0.462. The predicted molar refractivity (Wildman–Crippen MR) is 79.1 cm³/mol. The van der Waals surface area contributed by atoms with Crippen LogP contribution in [0.15, 0.2) is 31.8 Å². The number of thiazole rings is 1. The van der Waals surface area contributed by atoms with E-state index in [-0.39, 0.29) is 16.5 Å². The van der Waals surface area contributed by atoms with Crippen molar-refractivity contribution in [2.45, 2.75) is 31.4 Å². The molecule has 0 amide bonds. The lowest BCUT2D eigenvalue weighted by Gasteiger charge is -2.12. The summed E-state index contributed by atoms with van der Waals surface area (Å²) >= 11 is 1.12. The SMILES string of the molecule is Cc1csc(=O)n1Cc1ccc(S(=O)(=O)N2CCCC2)o1. The van der Waals surface area contributed by atoms with E-state index in [0.29, 0.717) is 18.8 Å². The van der Waals surface area contributed by atoms with Crippen molar-refractivity contribution in [1.29, 1.82) is 0 Å². The second-order valence-electron chi connectivity index (χ2n) is 5.06. The maximum atomic E-state index is 12.3. The van der Waals surface area contributed by atoms with Gasteiger partial charge in [-0.05, 0) is 31.9 Å². The van der Waals surface area contributed by atoms with Crippen molar-refractivity contribution in [2.24, 2.45) is 0 Å². The van der Waals surface area contributed by atoms with Gasteiger partial charge in [0.1, 0.15) is 5.76 Å². The largest absolute Gasteiger partial charge is 0.446 e. The lowest BCUT2D eigenvalue weighted by molar-refractivity contribution is 0.383. The molecule has 3 heterocycles. The summed E-state index contributed by atoms with van der Waals surface area (Å²) in [6.45, 7) is 3.18. The van der Waals surface area contributed by atoms with Crippen LogP contribution in [0, 0.1) is 6.92 Å². The maximum absolute atomic E-state index is 12.3. The topological polar surface area (TPSA) is 72.5 Å². The van der Waals surface area contributed by atoms with Crippen molar-refractivity contribution >= 4 is 21.4 Å². The molecule has 0 radical (unpaired) electrons. The normalized spacial score (nSPS) is 16.6. The van der Waals surface area contributed by atoms with Crippen LogP contribution in [0.1, 0.15) is 24.3 Å². The summed E-state index contributed by atoms with van der Waals surface area (Å²) in [7, 11) is -3.54.